The molecule has 1 aliphatic rings. The van der Waals surface area contributed by atoms with Gasteiger partial charge in [-0.05, 0) is 29.4 Å². The van der Waals surface area contributed by atoms with E-state index in [0.29, 0.717) is 17.9 Å². The van der Waals surface area contributed by atoms with Gasteiger partial charge in [0.1, 0.15) is 0 Å². The summed E-state index contributed by atoms with van der Waals surface area (Å²) < 4.78 is 0. The summed E-state index contributed by atoms with van der Waals surface area (Å²) in [5.74, 6) is 1.29. The van der Waals surface area contributed by atoms with Crippen LogP contribution in [0.15, 0.2) is 24.3 Å². The summed E-state index contributed by atoms with van der Waals surface area (Å²) in [5, 5.41) is 0. The van der Waals surface area contributed by atoms with E-state index in [2.05, 4.69) is 56.9 Å². The van der Waals surface area contributed by atoms with E-state index in [1.807, 2.05) is 0 Å². The van der Waals surface area contributed by atoms with Crippen molar-refractivity contribution in [1.29, 1.82) is 0 Å². The minimum absolute atomic E-state index is 0.281. The Morgan fingerprint density at radius 1 is 1.16 bits per heavy atom. The highest BCUT2D eigenvalue weighted by molar-refractivity contribution is 5.28. The summed E-state index contributed by atoms with van der Waals surface area (Å²) in [6, 6.07) is 9.76. The van der Waals surface area contributed by atoms with E-state index in [-0.39, 0.29) is 6.04 Å². The molecule has 1 aromatic carbocycles. The summed E-state index contributed by atoms with van der Waals surface area (Å²) in [6.07, 6.45) is 1.11. The Morgan fingerprint density at radius 2 is 1.79 bits per heavy atom. The third-order valence-electron chi connectivity index (χ3n) is 4.09. The average molecular weight is 260 g/mol. The SMILES string of the molecule is CC(C)CN1CCC(N)C1c1ccc(C(C)C)cc1. The third kappa shape index (κ3) is 3.37. The molecule has 2 N–H and O–H groups in total. The topological polar surface area (TPSA) is 29.3 Å². The van der Waals surface area contributed by atoms with Crippen molar-refractivity contribution in [2.45, 2.75) is 52.1 Å². The van der Waals surface area contributed by atoms with E-state index in [0.717, 1.165) is 19.5 Å². The highest BCUT2D eigenvalue weighted by atomic mass is 15.2. The van der Waals surface area contributed by atoms with Gasteiger partial charge in [-0.1, -0.05) is 52.0 Å². The molecular formula is C17H28N2. The first-order valence-corrected chi connectivity index (χ1v) is 7.58. The molecule has 0 bridgehead atoms. The number of hydrogen-bond donors (Lipinski definition) is 1. The van der Waals surface area contributed by atoms with E-state index >= 15 is 0 Å². The molecule has 0 amide bonds. The van der Waals surface area contributed by atoms with E-state index in [1.165, 1.54) is 11.1 Å². The van der Waals surface area contributed by atoms with Crippen molar-refractivity contribution in [3.8, 4) is 0 Å². The molecule has 19 heavy (non-hydrogen) atoms. The van der Waals surface area contributed by atoms with Gasteiger partial charge in [0.15, 0.2) is 0 Å². The maximum atomic E-state index is 6.33. The number of likely N-dealkylation sites (tertiary alicyclic amines) is 1. The molecule has 2 atom stereocenters. The number of hydrogen-bond acceptors (Lipinski definition) is 2. The molecule has 1 aromatic rings. The highest BCUT2D eigenvalue weighted by Crippen LogP contribution is 2.32. The average Bonchev–Trinajstić information content (AvgIpc) is 2.70. The van der Waals surface area contributed by atoms with Gasteiger partial charge in [-0.25, -0.2) is 0 Å². The van der Waals surface area contributed by atoms with Crippen LogP contribution in [0.25, 0.3) is 0 Å². The zero-order valence-corrected chi connectivity index (χ0v) is 12.8. The Bertz CT molecular complexity index is 394. The minimum Gasteiger partial charge on any atom is -0.326 e. The highest BCUT2D eigenvalue weighted by Gasteiger charge is 2.32. The zero-order chi connectivity index (χ0) is 14.0. The molecule has 1 aliphatic heterocycles. The van der Waals surface area contributed by atoms with Gasteiger partial charge in [0.2, 0.25) is 0 Å². The lowest BCUT2D eigenvalue weighted by atomic mass is 9.96. The van der Waals surface area contributed by atoms with Crippen molar-refractivity contribution in [2.75, 3.05) is 13.1 Å². The Morgan fingerprint density at radius 3 is 2.32 bits per heavy atom. The first-order chi connectivity index (χ1) is 8.99. The standard InChI is InChI=1S/C17H28N2/c1-12(2)11-19-10-9-16(18)17(19)15-7-5-14(6-8-15)13(3)4/h5-8,12-13,16-17H,9-11,18H2,1-4H3. The molecule has 0 radical (unpaired) electrons. The smallest absolute Gasteiger partial charge is 0.0499 e. The summed E-state index contributed by atoms with van der Waals surface area (Å²) in [5.41, 5.74) is 9.13. The van der Waals surface area contributed by atoms with Crippen molar-refractivity contribution in [3.05, 3.63) is 35.4 Å². The van der Waals surface area contributed by atoms with Gasteiger partial charge in [0.05, 0.1) is 0 Å². The Balaban J connectivity index is 2.17. The maximum absolute atomic E-state index is 6.33. The molecule has 0 spiro atoms. The maximum Gasteiger partial charge on any atom is 0.0499 e. The van der Waals surface area contributed by atoms with Crippen molar-refractivity contribution in [2.24, 2.45) is 11.7 Å². The molecule has 0 aliphatic carbocycles. The third-order valence-corrected chi connectivity index (χ3v) is 4.09. The fraction of sp³-hybridized carbons (Fsp3) is 0.647. The van der Waals surface area contributed by atoms with Crippen LogP contribution in [0.3, 0.4) is 0 Å². The van der Waals surface area contributed by atoms with Gasteiger partial charge in [-0.15, -0.1) is 0 Å². The van der Waals surface area contributed by atoms with E-state index in [9.17, 15) is 0 Å². The van der Waals surface area contributed by atoms with Crippen LogP contribution in [0.5, 0.6) is 0 Å². The van der Waals surface area contributed by atoms with E-state index < -0.39 is 0 Å². The summed E-state index contributed by atoms with van der Waals surface area (Å²) in [7, 11) is 0. The number of rotatable bonds is 4. The molecule has 1 saturated heterocycles. The molecule has 1 fully saturated rings. The van der Waals surface area contributed by atoms with Gasteiger partial charge >= 0.3 is 0 Å². The Labute approximate surface area is 118 Å². The molecule has 2 unspecified atom stereocenters. The number of nitrogens with two attached hydrogens (primary N) is 1. The van der Waals surface area contributed by atoms with Crippen molar-refractivity contribution < 1.29 is 0 Å². The lowest BCUT2D eigenvalue weighted by Gasteiger charge is -2.28. The van der Waals surface area contributed by atoms with Gasteiger partial charge in [0, 0.05) is 25.2 Å². The largest absolute Gasteiger partial charge is 0.326 e. The molecule has 0 aromatic heterocycles. The second-order valence-corrected chi connectivity index (χ2v) is 6.61. The van der Waals surface area contributed by atoms with Crippen LogP contribution in [0, 0.1) is 5.92 Å². The molecule has 1 heterocycles. The van der Waals surface area contributed by atoms with Crippen molar-refractivity contribution in [1.82, 2.24) is 4.90 Å². The predicted octanol–water partition coefficient (Wildman–Crippen LogP) is 3.54. The Hall–Kier alpha value is -0.860. The van der Waals surface area contributed by atoms with Crippen LogP contribution in [0.1, 0.15) is 57.2 Å². The molecule has 106 valence electrons. The molecule has 2 heteroatoms. The van der Waals surface area contributed by atoms with E-state index in [4.69, 9.17) is 5.73 Å². The fourth-order valence-electron chi connectivity index (χ4n) is 3.09. The first kappa shape index (κ1) is 14.5. The monoisotopic (exact) mass is 260 g/mol. The minimum atomic E-state index is 0.281. The zero-order valence-electron chi connectivity index (χ0n) is 12.8. The molecule has 0 saturated carbocycles. The van der Waals surface area contributed by atoms with Gasteiger partial charge in [0.25, 0.3) is 0 Å². The summed E-state index contributed by atoms with van der Waals surface area (Å²) in [4.78, 5) is 2.56. The number of nitrogens with zero attached hydrogens (tertiary/aromatic N) is 1. The van der Waals surface area contributed by atoms with Gasteiger partial charge in [-0.2, -0.15) is 0 Å². The molecule has 2 nitrogen and oxygen atoms in total. The van der Waals surface area contributed by atoms with Crippen molar-refractivity contribution >= 4 is 0 Å². The normalized spacial score (nSPS) is 24.6. The van der Waals surface area contributed by atoms with Crippen LogP contribution in [-0.2, 0) is 0 Å². The quantitative estimate of drug-likeness (QED) is 0.897. The second-order valence-electron chi connectivity index (χ2n) is 6.61. The van der Waals surface area contributed by atoms with Crippen molar-refractivity contribution in [3.63, 3.8) is 0 Å². The lowest BCUT2D eigenvalue weighted by molar-refractivity contribution is 0.221. The predicted molar refractivity (Wildman–Crippen MR) is 82.3 cm³/mol. The molecule has 2 rings (SSSR count). The van der Waals surface area contributed by atoms with Gasteiger partial charge in [-0.3, -0.25) is 4.90 Å². The fourth-order valence-corrected chi connectivity index (χ4v) is 3.09. The van der Waals surface area contributed by atoms with Crippen LogP contribution >= 0.6 is 0 Å². The van der Waals surface area contributed by atoms with Gasteiger partial charge < -0.3 is 5.73 Å². The van der Waals surface area contributed by atoms with Crippen LogP contribution in [0.2, 0.25) is 0 Å². The Kier molecular flexibility index (Phi) is 4.64. The van der Waals surface area contributed by atoms with E-state index in [1.54, 1.807) is 0 Å². The van der Waals surface area contributed by atoms with Crippen LogP contribution < -0.4 is 5.73 Å². The summed E-state index contributed by atoms with van der Waals surface area (Å²) >= 11 is 0. The lowest BCUT2D eigenvalue weighted by Crippen LogP contribution is -2.33. The van der Waals surface area contributed by atoms with Crippen LogP contribution in [0.4, 0.5) is 0 Å². The molecular weight excluding hydrogens is 232 g/mol. The number of benzene rings is 1. The first-order valence-electron chi connectivity index (χ1n) is 7.58. The second kappa shape index (κ2) is 6.06. The summed E-state index contributed by atoms with van der Waals surface area (Å²) in [6.45, 7) is 11.3. The van der Waals surface area contributed by atoms with Crippen LogP contribution in [-0.4, -0.2) is 24.0 Å².